The van der Waals surface area contributed by atoms with Crippen LogP contribution in [-0.2, 0) is 4.79 Å². The number of piperazine rings is 1. The first-order chi connectivity index (χ1) is 13.0. The zero-order chi connectivity index (χ0) is 19.4. The Labute approximate surface area is 161 Å². The first-order valence-electron chi connectivity index (χ1n) is 9.40. The van der Waals surface area contributed by atoms with Gasteiger partial charge in [0.25, 0.3) is 0 Å². The van der Waals surface area contributed by atoms with Gasteiger partial charge >= 0.3 is 6.03 Å². The van der Waals surface area contributed by atoms with E-state index in [1.807, 2.05) is 55.1 Å². The average Bonchev–Trinajstić information content (AvgIpc) is 2.69. The summed E-state index contributed by atoms with van der Waals surface area (Å²) in [4.78, 5) is 28.8. The molecule has 142 valence electrons. The molecule has 0 radical (unpaired) electrons. The third-order valence-electron chi connectivity index (χ3n) is 5.21. The van der Waals surface area contributed by atoms with E-state index in [0.29, 0.717) is 6.54 Å². The molecule has 1 saturated heterocycles. The highest BCUT2D eigenvalue weighted by atomic mass is 16.2. The van der Waals surface area contributed by atoms with E-state index < -0.39 is 0 Å². The van der Waals surface area contributed by atoms with Crippen molar-refractivity contribution >= 4 is 11.9 Å². The SMILES string of the molecule is CNC(=O)N1CC(=O)N(C(C)C)CC1C(c1ccccc1)c1ccccc1. The first kappa shape index (κ1) is 19.0. The van der Waals surface area contributed by atoms with Crippen LogP contribution in [0.25, 0.3) is 0 Å². The lowest BCUT2D eigenvalue weighted by atomic mass is 9.83. The lowest BCUT2D eigenvalue weighted by molar-refractivity contribution is -0.139. The van der Waals surface area contributed by atoms with E-state index in [4.69, 9.17) is 0 Å². The van der Waals surface area contributed by atoms with Crippen LogP contribution < -0.4 is 5.32 Å². The molecule has 3 amide bonds. The van der Waals surface area contributed by atoms with Gasteiger partial charge in [-0.15, -0.1) is 0 Å². The molecule has 0 aliphatic carbocycles. The van der Waals surface area contributed by atoms with Crippen LogP contribution in [-0.4, -0.2) is 54.0 Å². The van der Waals surface area contributed by atoms with Crippen molar-refractivity contribution in [2.24, 2.45) is 0 Å². The highest BCUT2D eigenvalue weighted by molar-refractivity contribution is 5.86. The van der Waals surface area contributed by atoms with Crippen molar-refractivity contribution in [3.05, 3.63) is 71.8 Å². The minimum absolute atomic E-state index is 0.00952. The number of amides is 3. The van der Waals surface area contributed by atoms with Gasteiger partial charge < -0.3 is 15.1 Å². The summed E-state index contributed by atoms with van der Waals surface area (Å²) in [6.45, 7) is 4.65. The second-order valence-corrected chi connectivity index (χ2v) is 7.19. The minimum Gasteiger partial charge on any atom is -0.341 e. The Hall–Kier alpha value is -2.82. The number of carbonyl (C=O) groups is 2. The highest BCUT2D eigenvalue weighted by Crippen LogP contribution is 2.33. The van der Waals surface area contributed by atoms with Crippen LogP contribution in [0.4, 0.5) is 4.79 Å². The quantitative estimate of drug-likeness (QED) is 0.905. The van der Waals surface area contributed by atoms with E-state index in [9.17, 15) is 9.59 Å². The summed E-state index contributed by atoms with van der Waals surface area (Å²) in [5.74, 6) is -0.0243. The molecule has 0 aromatic heterocycles. The second kappa shape index (κ2) is 8.25. The number of benzene rings is 2. The van der Waals surface area contributed by atoms with Crippen LogP contribution in [0.15, 0.2) is 60.7 Å². The molecule has 27 heavy (non-hydrogen) atoms. The number of hydrogen-bond donors (Lipinski definition) is 1. The molecule has 1 heterocycles. The number of nitrogens with one attached hydrogen (secondary N) is 1. The fourth-order valence-corrected chi connectivity index (χ4v) is 3.86. The molecular formula is C22H27N3O2. The molecule has 1 aliphatic heterocycles. The van der Waals surface area contributed by atoms with Crippen molar-refractivity contribution in [3.63, 3.8) is 0 Å². The van der Waals surface area contributed by atoms with Crippen molar-refractivity contribution in [2.75, 3.05) is 20.1 Å². The van der Waals surface area contributed by atoms with E-state index in [-0.39, 0.29) is 36.5 Å². The Balaban J connectivity index is 2.08. The fourth-order valence-electron chi connectivity index (χ4n) is 3.86. The van der Waals surface area contributed by atoms with Crippen molar-refractivity contribution in [3.8, 4) is 0 Å². The van der Waals surface area contributed by atoms with Crippen LogP contribution in [0.5, 0.6) is 0 Å². The van der Waals surface area contributed by atoms with Gasteiger partial charge in [0, 0.05) is 25.6 Å². The van der Waals surface area contributed by atoms with Crippen LogP contribution >= 0.6 is 0 Å². The maximum atomic E-state index is 12.6. The lowest BCUT2D eigenvalue weighted by Crippen LogP contribution is -2.62. The number of rotatable bonds is 4. The predicted molar refractivity (Wildman–Crippen MR) is 107 cm³/mol. The molecule has 1 fully saturated rings. The molecule has 2 aromatic carbocycles. The lowest BCUT2D eigenvalue weighted by Gasteiger charge is -2.45. The molecule has 5 nitrogen and oxygen atoms in total. The minimum atomic E-state index is -0.214. The van der Waals surface area contributed by atoms with Crippen LogP contribution in [0.1, 0.15) is 30.9 Å². The molecule has 1 unspecified atom stereocenters. The van der Waals surface area contributed by atoms with Gasteiger partial charge in [-0.25, -0.2) is 4.79 Å². The Morgan fingerprint density at radius 3 is 1.96 bits per heavy atom. The molecular weight excluding hydrogens is 338 g/mol. The van der Waals surface area contributed by atoms with Gasteiger partial charge in [-0.3, -0.25) is 4.79 Å². The smallest absolute Gasteiger partial charge is 0.317 e. The normalized spacial score (nSPS) is 17.5. The molecule has 0 spiro atoms. The Kier molecular flexibility index (Phi) is 5.79. The van der Waals surface area contributed by atoms with Gasteiger partial charge in [0.2, 0.25) is 5.91 Å². The summed E-state index contributed by atoms with van der Waals surface area (Å²) in [6.07, 6.45) is 0. The van der Waals surface area contributed by atoms with Crippen molar-refractivity contribution in [1.82, 2.24) is 15.1 Å². The van der Waals surface area contributed by atoms with Gasteiger partial charge in [-0.05, 0) is 25.0 Å². The Bertz CT molecular complexity index is 737. The monoisotopic (exact) mass is 365 g/mol. The zero-order valence-electron chi connectivity index (χ0n) is 16.1. The van der Waals surface area contributed by atoms with Gasteiger partial charge in [0.1, 0.15) is 6.54 Å². The number of carbonyl (C=O) groups excluding carboxylic acids is 2. The summed E-state index contributed by atoms with van der Waals surface area (Å²) in [5, 5.41) is 2.70. The summed E-state index contributed by atoms with van der Waals surface area (Å²) < 4.78 is 0. The Morgan fingerprint density at radius 1 is 1.00 bits per heavy atom. The molecule has 1 aliphatic rings. The second-order valence-electron chi connectivity index (χ2n) is 7.19. The summed E-state index contributed by atoms with van der Waals surface area (Å²) >= 11 is 0. The van der Waals surface area contributed by atoms with Gasteiger partial charge in [0.15, 0.2) is 0 Å². The summed E-state index contributed by atoms with van der Waals surface area (Å²) in [6, 6.07) is 20.2. The highest BCUT2D eigenvalue weighted by Gasteiger charge is 2.40. The average molecular weight is 365 g/mol. The maximum absolute atomic E-state index is 12.6. The van der Waals surface area contributed by atoms with Crippen molar-refractivity contribution in [2.45, 2.75) is 31.8 Å². The molecule has 2 aromatic rings. The van der Waals surface area contributed by atoms with E-state index in [2.05, 4.69) is 29.6 Å². The van der Waals surface area contributed by atoms with Crippen molar-refractivity contribution < 1.29 is 9.59 Å². The molecule has 1 atom stereocenters. The number of nitrogens with zero attached hydrogens (tertiary/aromatic N) is 2. The number of urea groups is 1. The van der Waals surface area contributed by atoms with Gasteiger partial charge in [-0.1, -0.05) is 60.7 Å². The molecule has 0 saturated carbocycles. The zero-order valence-corrected chi connectivity index (χ0v) is 16.1. The first-order valence-corrected chi connectivity index (χ1v) is 9.40. The molecule has 1 N–H and O–H groups in total. The maximum Gasteiger partial charge on any atom is 0.317 e. The largest absolute Gasteiger partial charge is 0.341 e. The van der Waals surface area contributed by atoms with Crippen LogP contribution in [0.2, 0.25) is 0 Å². The fraction of sp³-hybridized carbons (Fsp3) is 0.364. The Morgan fingerprint density at radius 2 is 1.52 bits per heavy atom. The third kappa shape index (κ3) is 3.97. The van der Waals surface area contributed by atoms with Gasteiger partial charge in [0.05, 0.1) is 6.04 Å². The van der Waals surface area contributed by atoms with Gasteiger partial charge in [-0.2, -0.15) is 0 Å². The van der Waals surface area contributed by atoms with E-state index in [1.54, 1.807) is 11.9 Å². The molecule has 5 heteroatoms. The molecule has 0 bridgehead atoms. The topological polar surface area (TPSA) is 52.7 Å². The number of hydrogen-bond acceptors (Lipinski definition) is 2. The van der Waals surface area contributed by atoms with E-state index in [0.717, 1.165) is 11.1 Å². The van der Waals surface area contributed by atoms with Crippen LogP contribution in [0.3, 0.4) is 0 Å². The summed E-state index contributed by atoms with van der Waals surface area (Å²) in [7, 11) is 1.61. The predicted octanol–water partition coefficient (Wildman–Crippen LogP) is 3.08. The van der Waals surface area contributed by atoms with E-state index >= 15 is 0 Å². The van der Waals surface area contributed by atoms with Crippen molar-refractivity contribution in [1.29, 1.82) is 0 Å². The van der Waals surface area contributed by atoms with E-state index in [1.165, 1.54) is 0 Å². The summed E-state index contributed by atoms with van der Waals surface area (Å²) in [5.41, 5.74) is 2.28. The van der Waals surface area contributed by atoms with Crippen LogP contribution in [0, 0.1) is 0 Å². The molecule has 3 rings (SSSR count). The third-order valence-corrected chi connectivity index (χ3v) is 5.21. The standard InChI is InChI=1S/C22H27N3O2/c1-16(2)24-14-19(25(15-20(24)26)22(27)23-3)21(17-10-6-4-7-11-17)18-12-8-5-9-13-18/h4-13,16,19,21H,14-15H2,1-3H3,(H,23,27).